The minimum atomic E-state index is -0.840. The van der Waals surface area contributed by atoms with Gasteiger partial charge in [-0.05, 0) is 49.4 Å². The highest BCUT2D eigenvalue weighted by atomic mass is 16.5. The molecular weight excluding hydrogens is 284 g/mol. The summed E-state index contributed by atoms with van der Waals surface area (Å²) in [4.78, 5) is 24.5. The number of amides is 2. The summed E-state index contributed by atoms with van der Waals surface area (Å²) in [6, 6.07) is 7.01. The number of urea groups is 1. The maximum atomic E-state index is 12.1. The van der Waals surface area contributed by atoms with Crippen LogP contribution >= 0.6 is 0 Å². The predicted octanol–water partition coefficient (Wildman–Crippen LogP) is 2.41. The van der Waals surface area contributed by atoms with E-state index < -0.39 is 11.9 Å². The van der Waals surface area contributed by atoms with Crippen LogP contribution in [0.2, 0.25) is 0 Å². The van der Waals surface area contributed by atoms with Gasteiger partial charge in [-0.15, -0.1) is 0 Å². The first-order valence-electron chi connectivity index (χ1n) is 7.63. The van der Waals surface area contributed by atoms with Crippen LogP contribution < -0.4 is 10.1 Å². The van der Waals surface area contributed by atoms with Crippen LogP contribution in [0, 0.1) is 11.8 Å². The molecule has 1 unspecified atom stereocenters. The molecule has 1 aromatic rings. The summed E-state index contributed by atoms with van der Waals surface area (Å²) in [5.41, 5.74) is 0.683. The number of carboxylic acids is 1. The van der Waals surface area contributed by atoms with Gasteiger partial charge in [0.25, 0.3) is 0 Å². The minimum Gasteiger partial charge on any atom is -0.493 e. The summed E-state index contributed by atoms with van der Waals surface area (Å²) in [6.45, 7) is 1.51. The number of ether oxygens (including phenoxy) is 1. The van der Waals surface area contributed by atoms with E-state index in [0.717, 1.165) is 12.4 Å². The number of likely N-dealkylation sites (tertiary alicyclic amines) is 1. The number of anilines is 1. The molecule has 1 heterocycles. The zero-order chi connectivity index (χ0) is 15.5. The highest BCUT2D eigenvalue weighted by Gasteiger charge is 2.30. The highest BCUT2D eigenvalue weighted by molar-refractivity contribution is 5.90. The topological polar surface area (TPSA) is 78.9 Å². The van der Waals surface area contributed by atoms with Crippen LogP contribution in [0.3, 0.4) is 0 Å². The van der Waals surface area contributed by atoms with Gasteiger partial charge in [-0.2, -0.15) is 0 Å². The van der Waals surface area contributed by atoms with E-state index in [4.69, 9.17) is 9.84 Å². The van der Waals surface area contributed by atoms with Gasteiger partial charge in [-0.3, -0.25) is 4.79 Å². The lowest BCUT2D eigenvalue weighted by Crippen LogP contribution is -2.33. The quantitative estimate of drug-likeness (QED) is 0.875. The van der Waals surface area contributed by atoms with Crippen LogP contribution in [0.15, 0.2) is 24.3 Å². The Kier molecular flexibility index (Phi) is 4.18. The highest BCUT2D eigenvalue weighted by Crippen LogP contribution is 2.29. The number of benzene rings is 1. The molecule has 0 aromatic heterocycles. The standard InChI is InChI=1S/C16H20N2O4/c19-15(20)12-7-8-18(9-12)16(21)17-13-3-5-14(6-4-13)22-10-11-1-2-11/h3-6,11-12H,1-2,7-10H2,(H,17,21)(H,19,20). The summed E-state index contributed by atoms with van der Waals surface area (Å²) < 4.78 is 5.64. The number of hydrogen-bond donors (Lipinski definition) is 2. The van der Waals surface area contributed by atoms with E-state index in [2.05, 4.69) is 5.32 Å². The molecule has 0 radical (unpaired) electrons. The fourth-order valence-electron chi connectivity index (χ4n) is 2.48. The molecule has 2 amide bonds. The van der Waals surface area contributed by atoms with Gasteiger partial charge in [0.15, 0.2) is 0 Å². The van der Waals surface area contributed by atoms with E-state index in [1.807, 2.05) is 12.1 Å². The molecule has 6 heteroatoms. The second-order valence-electron chi connectivity index (χ2n) is 5.98. The van der Waals surface area contributed by atoms with Crippen LogP contribution in [0.1, 0.15) is 19.3 Å². The van der Waals surface area contributed by atoms with E-state index in [1.54, 1.807) is 12.1 Å². The van der Waals surface area contributed by atoms with Crippen molar-refractivity contribution >= 4 is 17.7 Å². The van der Waals surface area contributed by atoms with E-state index in [1.165, 1.54) is 17.7 Å². The van der Waals surface area contributed by atoms with Gasteiger partial charge in [0.2, 0.25) is 0 Å². The van der Waals surface area contributed by atoms with Gasteiger partial charge < -0.3 is 20.1 Å². The average molecular weight is 304 g/mol. The van der Waals surface area contributed by atoms with E-state index in [9.17, 15) is 9.59 Å². The molecule has 1 saturated carbocycles. The number of carboxylic acid groups (broad SMARTS) is 1. The molecule has 118 valence electrons. The second-order valence-corrected chi connectivity index (χ2v) is 5.98. The number of carbonyl (C=O) groups excluding carboxylic acids is 1. The first-order chi connectivity index (χ1) is 10.6. The Hall–Kier alpha value is -2.24. The molecule has 3 rings (SSSR count). The normalized spacial score (nSPS) is 20.7. The SMILES string of the molecule is O=C(O)C1CCN(C(=O)Nc2ccc(OCC3CC3)cc2)C1. The van der Waals surface area contributed by atoms with Gasteiger partial charge >= 0.3 is 12.0 Å². The molecule has 1 aliphatic heterocycles. The first-order valence-corrected chi connectivity index (χ1v) is 7.63. The Morgan fingerprint density at radius 1 is 1.23 bits per heavy atom. The van der Waals surface area contributed by atoms with Crippen molar-refractivity contribution in [2.45, 2.75) is 19.3 Å². The fourth-order valence-corrected chi connectivity index (χ4v) is 2.48. The van der Waals surface area contributed by atoms with Crippen molar-refractivity contribution in [1.82, 2.24) is 4.90 Å². The van der Waals surface area contributed by atoms with Crippen molar-refractivity contribution < 1.29 is 19.4 Å². The maximum Gasteiger partial charge on any atom is 0.321 e. The average Bonchev–Trinajstić information content (AvgIpc) is 3.19. The van der Waals surface area contributed by atoms with E-state index in [0.29, 0.717) is 24.6 Å². The van der Waals surface area contributed by atoms with Crippen LogP contribution in [-0.4, -0.2) is 41.7 Å². The van der Waals surface area contributed by atoms with Gasteiger partial charge in [0.1, 0.15) is 5.75 Å². The Morgan fingerprint density at radius 3 is 2.55 bits per heavy atom. The molecule has 22 heavy (non-hydrogen) atoms. The number of nitrogens with one attached hydrogen (secondary N) is 1. The first kappa shape index (κ1) is 14.7. The monoisotopic (exact) mass is 304 g/mol. The Balaban J connectivity index is 1.49. The smallest absolute Gasteiger partial charge is 0.321 e. The third-order valence-electron chi connectivity index (χ3n) is 4.11. The molecule has 0 bridgehead atoms. The Labute approximate surface area is 129 Å². The summed E-state index contributed by atoms with van der Waals surface area (Å²) in [7, 11) is 0. The molecule has 0 spiro atoms. The van der Waals surface area contributed by atoms with Crippen molar-refractivity contribution in [3.8, 4) is 5.75 Å². The zero-order valence-electron chi connectivity index (χ0n) is 12.3. The Morgan fingerprint density at radius 2 is 1.95 bits per heavy atom. The van der Waals surface area contributed by atoms with Crippen molar-refractivity contribution in [2.24, 2.45) is 11.8 Å². The summed E-state index contributed by atoms with van der Waals surface area (Å²) in [6.07, 6.45) is 3.01. The third-order valence-corrected chi connectivity index (χ3v) is 4.11. The Bertz CT molecular complexity index is 554. The molecule has 6 nitrogen and oxygen atoms in total. The molecule has 2 fully saturated rings. The third kappa shape index (κ3) is 3.69. The lowest BCUT2D eigenvalue weighted by atomic mass is 10.1. The van der Waals surface area contributed by atoms with Crippen molar-refractivity contribution in [3.63, 3.8) is 0 Å². The number of aliphatic carboxylic acids is 1. The van der Waals surface area contributed by atoms with Gasteiger partial charge in [-0.25, -0.2) is 4.79 Å². The van der Waals surface area contributed by atoms with E-state index in [-0.39, 0.29) is 12.6 Å². The molecule has 1 aromatic carbocycles. The second kappa shape index (κ2) is 6.25. The van der Waals surface area contributed by atoms with Crippen LogP contribution in [0.25, 0.3) is 0 Å². The minimum absolute atomic E-state index is 0.254. The number of carbonyl (C=O) groups is 2. The lowest BCUT2D eigenvalue weighted by molar-refractivity contribution is -0.141. The molecule has 1 saturated heterocycles. The zero-order valence-corrected chi connectivity index (χ0v) is 12.3. The number of nitrogens with zero attached hydrogens (tertiary/aromatic N) is 1. The molecular formula is C16H20N2O4. The molecule has 2 aliphatic rings. The van der Waals surface area contributed by atoms with Gasteiger partial charge in [0.05, 0.1) is 12.5 Å². The lowest BCUT2D eigenvalue weighted by Gasteiger charge is -2.17. The summed E-state index contributed by atoms with van der Waals surface area (Å²) in [5.74, 6) is 0.213. The van der Waals surface area contributed by atoms with Crippen LogP contribution in [0.4, 0.5) is 10.5 Å². The largest absolute Gasteiger partial charge is 0.493 e. The van der Waals surface area contributed by atoms with Crippen LogP contribution in [-0.2, 0) is 4.79 Å². The van der Waals surface area contributed by atoms with E-state index >= 15 is 0 Å². The molecule has 2 N–H and O–H groups in total. The fraction of sp³-hybridized carbons (Fsp3) is 0.500. The summed E-state index contributed by atoms with van der Waals surface area (Å²) >= 11 is 0. The summed E-state index contributed by atoms with van der Waals surface area (Å²) in [5, 5.41) is 11.7. The predicted molar refractivity (Wildman–Crippen MR) is 81.0 cm³/mol. The van der Waals surface area contributed by atoms with Crippen molar-refractivity contribution in [3.05, 3.63) is 24.3 Å². The van der Waals surface area contributed by atoms with Crippen molar-refractivity contribution in [1.29, 1.82) is 0 Å². The van der Waals surface area contributed by atoms with Crippen molar-refractivity contribution in [2.75, 3.05) is 25.0 Å². The van der Waals surface area contributed by atoms with Gasteiger partial charge in [0, 0.05) is 18.8 Å². The number of rotatable bonds is 5. The van der Waals surface area contributed by atoms with Crippen LogP contribution in [0.5, 0.6) is 5.75 Å². The molecule has 1 aliphatic carbocycles. The molecule has 1 atom stereocenters. The van der Waals surface area contributed by atoms with Gasteiger partial charge in [-0.1, -0.05) is 0 Å². The maximum absolute atomic E-state index is 12.1. The number of hydrogen-bond acceptors (Lipinski definition) is 3.